The van der Waals surface area contributed by atoms with Gasteiger partial charge >= 0.3 is 0 Å². The Hall–Kier alpha value is -1.70. The van der Waals surface area contributed by atoms with E-state index in [1.165, 1.54) is 12.3 Å². The van der Waals surface area contributed by atoms with Crippen LogP contribution in [-0.4, -0.2) is 23.1 Å². The molecule has 2 N–H and O–H groups in total. The molecule has 0 saturated heterocycles. The molecule has 0 aliphatic rings. The zero-order valence-electron chi connectivity index (χ0n) is 10.4. The predicted octanol–water partition coefficient (Wildman–Crippen LogP) is 0.391. The molecule has 0 amide bonds. The van der Waals surface area contributed by atoms with Crippen LogP contribution in [0.3, 0.4) is 0 Å². The van der Waals surface area contributed by atoms with Gasteiger partial charge < -0.3 is 9.67 Å². The average molecular weight is 281 g/mol. The Morgan fingerprint density at radius 2 is 2.05 bits per heavy atom. The van der Waals surface area contributed by atoms with Crippen molar-refractivity contribution in [2.75, 3.05) is 0 Å². The van der Waals surface area contributed by atoms with Crippen LogP contribution in [0.5, 0.6) is 0 Å². The first-order valence-corrected chi connectivity index (χ1v) is 7.16. The monoisotopic (exact) mass is 281 g/mol. The first-order valence-electron chi connectivity index (χ1n) is 5.67. The van der Waals surface area contributed by atoms with E-state index in [-0.39, 0.29) is 18.0 Å². The number of nitrogens with one attached hydrogen (secondary N) is 1. The summed E-state index contributed by atoms with van der Waals surface area (Å²) < 4.78 is 28.2. The van der Waals surface area contributed by atoms with Crippen LogP contribution in [0.1, 0.15) is 11.3 Å². The van der Waals surface area contributed by atoms with Gasteiger partial charge in [0.05, 0.1) is 11.5 Å². The van der Waals surface area contributed by atoms with E-state index >= 15 is 0 Å². The fourth-order valence-corrected chi connectivity index (χ4v) is 2.75. The molecule has 102 valence electrons. The van der Waals surface area contributed by atoms with Crippen LogP contribution < -0.4 is 4.72 Å². The van der Waals surface area contributed by atoms with Crippen LogP contribution in [0, 0.1) is 0 Å². The van der Waals surface area contributed by atoms with Crippen LogP contribution >= 0.6 is 0 Å². The van der Waals surface area contributed by atoms with Crippen LogP contribution in [0.4, 0.5) is 0 Å². The lowest BCUT2D eigenvalue weighted by atomic mass is 10.3. The Morgan fingerprint density at radius 3 is 2.63 bits per heavy atom. The van der Waals surface area contributed by atoms with Gasteiger partial charge in [0.1, 0.15) is 0 Å². The maximum Gasteiger partial charge on any atom is 0.242 e. The summed E-state index contributed by atoms with van der Waals surface area (Å²) in [5, 5.41) is 9.06. The topological polar surface area (TPSA) is 84.2 Å². The molecule has 0 saturated carbocycles. The third kappa shape index (κ3) is 3.19. The van der Waals surface area contributed by atoms with Crippen molar-refractivity contribution < 1.29 is 13.5 Å². The highest BCUT2D eigenvalue weighted by Crippen LogP contribution is 2.13. The van der Waals surface area contributed by atoms with Gasteiger partial charge in [-0.25, -0.2) is 13.1 Å². The minimum atomic E-state index is -3.57. The summed E-state index contributed by atoms with van der Waals surface area (Å²) in [7, 11) is -1.88. The summed E-state index contributed by atoms with van der Waals surface area (Å²) in [4.78, 5) is 4.01. The van der Waals surface area contributed by atoms with Crippen molar-refractivity contribution in [3.63, 3.8) is 0 Å². The summed E-state index contributed by atoms with van der Waals surface area (Å²) in [5.41, 5.74) is 1.38. The highest BCUT2D eigenvalue weighted by molar-refractivity contribution is 7.89. The molecule has 0 aliphatic heterocycles. The summed E-state index contributed by atoms with van der Waals surface area (Å²) in [6, 6.07) is 4.94. The van der Waals surface area contributed by atoms with Gasteiger partial charge in [0.2, 0.25) is 10.0 Å². The number of pyridine rings is 1. The van der Waals surface area contributed by atoms with Crippen molar-refractivity contribution in [2.45, 2.75) is 18.0 Å². The molecule has 0 fully saturated rings. The van der Waals surface area contributed by atoms with Crippen molar-refractivity contribution in [2.24, 2.45) is 7.05 Å². The van der Waals surface area contributed by atoms with Gasteiger partial charge in [-0.2, -0.15) is 0 Å². The largest absolute Gasteiger partial charge is 0.390 e. The molecule has 0 aromatic carbocycles. The number of hydrogen-bond donors (Lipinski definition) is 2. The van der Waals surface area contributed by atoms with E-state index in [9.17, 15) is 8.42 Å². The van der Waals surface area contributed by atoms with Crippen LogP contribution in [0.25, 0.3) is 0 Å². The molecular formula is C12H15N3O3S. The van der Waals surface area contributed by atoms with E-state index < -0.39 is 10.0 Å². The fourth-order valence-electron chi connectivity index (χ4n) is 1.64. The lowest BCUT2D eigenvalue weighted by Crippen LogP contribution is -2.22. The SMILES string of the molecule is Cn1cc(S(=O)(=O)NCc2ccncc2)cc1CO. The number of aryl methyl sites for hydroxylation is 1. The van der Waals surface area contributed by atoms with Gasteiger partial charge in [-0.15, -0.1) is 0 Å². The predicted molar refractivity (Wildman–Crippen MR) is 69.6 cm³/mol. The second kappa shape index (κ2) is 5.52. The van der Waals surface area contributed by atoms with Gasteiger partial charge in [0.15, 0.2) is 0 Å². The van der Waals surface area contributed by atoms with Crippen molar-refractivity contribution in [3.8, 4) is 0 Å². The number of hydrogen-bond acceptors (Lipinski definition) is 4. The molecule has 2 aromatic rings. The number of aliphatic hydroxyl groups is 1. The van der Waals surface area contributed by atoms with E-state index in [1.54, 1.807) is 36.1 Å². The van der Waals surface area contributed by atoms with Gasteiger partial charge in [0, 0.05) is 37.9 Å². The zero-order valence-corrected chi connectivity index (χ0v) is 11.3. The van der Waals surface area contributed by atoms with Crippen molar-refractivity contribution in [1.82, 2.24) is 14.3 Å². The highest BCUT2D eigenvalue weighted by atomic mass is 32.2. The van der Waals surface area contributed by atoms with Gasteiger partial charge in [-0.05, 0) is 23.8 Å². The Morgan fingerprint density at radius 1 is 1.37 bits per heavy atom. The zero-order chi connectivity index (χ0) is 13.9. The smallest absolute Gasteiger partial charge is 0.242 e. The average Bonchev–Trinajstić information content (AvgIpc) is 2.80. The van der Waals surface area contributed by atoms with Crippen LogP contribution in [0.2, 0.25) is 0 Å². The second-order valence-electron chi connectivity index (χ2n) is 4.12. The Labute approximate surface area is 111 Å². The third-order valence-electron chi connectivity index (χ3n) is 2.77. The first kappa shape index (κ1) is 13.7. The molecule has 2 rings (SSSR count). The van der Waals surface area contributed by atoms with Crippen LogP contribution in [0.15, 0.2) is 41.7 Å². The lowest BCUT2D eigenvalue weighted by Gasteiger charge is -2.04. The fraction of sp³-hybridized carbons (Fsp3) is 0.250. The van der Waals surface area contributed by atoms with Crippen molar-refractivity contribution in [1.29, 1.82) is 0 Å². The highest BCUT2D eigenvalue weighted by Gasteiger charge is 2.16. The molecule has 0 spiro atoms. The lowest BCUT2D eigenvalue weighted by molar-refractivity contribution is 0.272. The maximum absolute atomic E-state index is 12.1. The number of nitrogens with zero attached hydrogens (tertiary/aromatic N) is 2. The number of aromatic nitrogens is 2. The minimum absolute atomic E-state index is 0.146. The molecule has 0 aliphatic carbocycles. The summed E-state index contributed by atoms with van der Waals surface area (Å²) in [6.45, 7) is 0.00454. The first-order chi connectivity index (χ1) is 9.03. The number of aliphatic hydroxyl groups excluding tert-OH is 1. The van der Waals surface area contributed by atoms with Gasteiger partial charge in [0.25, 0.3) is 0 Å². The molecule has 0 bridgehead atoms. The third-order valence-corrected chi connectivity index (χ3v) is 4.14. The van der Waals surface area contributed by atoms with E-state index in [2.05, 4.69) is 9.71 Å². The van der Waals surface area contributed by atoms with Crippen molar-refractivity contribution >= 4 is 10.0 Å². The van der Waals surface area contributed by atoms with Crippen LogP contribution in [-0.2, 0) is 30.2 Å². The standard InChI is InChI=1S/C12H15N3O3S/c1-15-8-12(6-11(15)9-16)19(17,18)14-7-10-2-4-13-5-3-10/h2-6,8,14,16H,7,9H2,1H3. The molecule has 0 radical (unpaired) electrons. The molecular weight excluding hydrogens is 266 g/mol. The van der Waals surface area contributed by atoms with E-state index in [1.807, 2.05) is 0 Å². The van der Waals surface area contributed by atoms with E-state index in [0.717, 1.165) is 5.56 Å². The molecule has 2 heterocycles. The summed E-state index contributed by atoms with van der Waals surface area (Å²) in [5.74, 6) is 0. The Bertz CT molecular complexity index is 650. The van der Waals surface area contributed by atoms with Crippen molar-refractivity contribution in [3.05, 3.63) is 48.0 Å². The maximum atomic E-state index is 12.1. The second-order valence-corrected chi connectivity index (χ2v) is 5.88. The molecule has 19 heavy (non-hydrogen) atoms. The number of sulfonamides is 1. The molecule has 0 unspecified atom stereocenters. The molecule has 0 atom stereocenters. The minimum Gasteiger partial charge on any atom is -0.390 e. The quantitative estimate of drug-likeness (QED) is 0.830. The molecule has 6 nitrogen and oxygen atoms in total. The summed E-state index contributed by atoms with van der Waals surface area (Å²) in [6.07, 6.45) is 4.69. The summed E-state index contributed by atoms with van der Waals surface area (Å²) >= 11 is 0. The normalized spacial score (nSPS) is 11.7. The number of rotatable bonds is 5. The van der Waals surface area contributed by atoms with Gasteiger partial charge in [-0.1, -0.05) is 0 Å². The van der Waals surface area contributed by atoms with Gasteiger partial charge in [-0.3, -0.25) is 4.98 Å². The molecule has 2 aromatic heterocycles. The Balaban J connectivity index is 2.14. The Kier molecular flexibility index (Phi) is 3.98. The van der Waals surface area contributed by atoms with E-state index in [4.69, 9.17) is 5.11 Å². The van der Waals surface area contributed by atoms with E-state index in [0.29, 0.717) is 5.69 Å². The molecule has 7 heteroatoms.